The molecule has 2 rings (SSSR count). The molecule has 15 heavy (non-hydrogen) atoms. The summed E-state index contributed by atoms with van der Waals surface area (Å²) in [5, 5.41) is 0. The quantitative estimate of drug-likeness (QED) is 0.491. The second-order valence-electron chi connectivity index (χ2n) is 6.47. The SMILES string of the molecule is C1CCCCC1.CC1CCC(C)(C)CC1. The van der Waals surface area contributed by atoms with E-state index in [0.29, 0.717) is 5.41 Å². The molecule has 0 radical (unpaired) electrons. The standard InChI is InChI=1S/C9H18.C6H12/c1-8-4-6-9(2,3)7-5-8;1-2-4-6-5-3-1/h8H,4-7H2,1-3H3;1-6H2. The number of rotatable bonds is 0. The van der Waals surface area contributed by atoms with Crippen molar-refractivity contribution in [3.8, 4) is 0 Å². The first-order valence-electron chi connectivity index (χ1n) is 7.10. The van der Waals surface area contributed by atoms with Gasteiger partial charge in [-0.15, -0.1) is 0 Å². The largest absolute Gasteiger partial charge is 0.0625 e. The summed E-state index contributed by atoms with van der Waals surface area (Å²) in [7, 11) is 0. The Morgan fingerprint density at radius 3 is 1.33 bits per heavy atom. The van der Waals surface area contributed by atoms with Crippen molar-refractivity contribution in [2.45, 2.75) is 85.0 Å². The normalized spacial score (nSPS) is 26.6. The molecule has 0 amide bonds. The van der Waals surface area contributed by atoms with Crippen LogP contribution < -0.4 is 0 Å². The van der Waals surface area contributed by atoms with Crippen LogP contribution in [0.4, 0.5) is 0 Å². The molecular weight excluding hydrogens is 180 g/mol. The van der Waals surface area contributed by atoms with Crippen LogP contribution in [0.15, 0.2) is 0 Å². The molecule has 0 nitrogen and oxygen atoms in total. The highest BCUT2D eigenvalue weighted by Gasteiger charge is 2.23. The zero-order valence-corrected chi connectivity index (χ0v) is 11.1. The Balaban J connectivity index is 0.000000162. The van der Waals surface area contributed by atoms with E-state index in [1.165, 1.54) is 64.2 Å². The summed E-state index contributed by atoms with van der Waals surface area (Å²) in [6.45, 7) is 7.15. The lowest BCUT2D eigenvalue weighted by Crippen LogP contribution is -2.19. The minimum Gasteiger partial charge on any atom is -0.0625 e. The maximum atomic E-state index is 2.39. The van der Waals surface area contributed by atoms with Crippen molar-refractivity contribution in [1.82, 2.24) is 0 Å². The van der Waals surface area contributed by atoms with Crippen LogP contribution in [0.25, 0.3) is 0 Å². The van der Waals surface area contributed by atoms with Gasteiger partial charge in [-0.2, -0.15) is 0 Å². The van der Waals surface area contributed by atoms with E-state index < -0.39 is 0 Å². The maximum Gasteiger partial charge on any atom is -0.0354 e. The molecule has 0 aromatic heterocycles. The Hall–Kier alpha value is 0. The van der Waals surface area contributed by atoms with Crippen molar-refractivity contribution in [3.05, 3.63) is 0 Å². The Morgan fingerprint density at radius 1 is 0.733 bits per heavy atom. The van der Waals surface area contributed by atoms with Gasteiger partial charge in [-0.25, -0.2) is 0 Å². The fraction of sp³-hybridized carbons (Fsp3) is 1.00. The maximum absolute atomic E-state index is 2.39. The third kappa shape index (κ3) is 6.22. The lowest BCUT2D eigenvalue weighted by Gasteiger charge is -2.32. The molecule has 0 spiro atoms. The van der Waals surface area contributed by atoms with Gasteiger partial charge in [-0.3, -0.25) is 0 Å². The minimum absolute atomic E-state index is 0.659. The molecule has 0 heterocycles. The summed E-state index contributed by atoms with van der Waals surface area (Å²) < 4.78 is 0. The van der Waals surface area contributed by atoms with Gasteiger partial charge in [0.2, 0.25) is 0 Å². The lowest BCUT2D eigenvalue weighted by atomic mass is 9.74. The van der Waals surface area contributed by atoms with E-state index in [1.54, 1.807) is 0 Å². The molecule has 2 aliphatic rings. The Kier molecular flexibility index (Phi) is 5.71. The van der Waals surface area contributed by atoms with Crippen LogP contribution in [0, 0.1) is 11.3 Å². The second kappa shape index (κ2) is 6.55. The second-order valence-corrected chi connectivity index (χ2v) is 6.47. The van der Waals surface area contributed by atoms with Gasteiger partial charge < -0.3 is 0 Å². The molecular formula is C15H30. The predicted molar refractivity (Wildman–Crippen MR) is 69.1 cm³/mol. The van der Waals surface area contributed by atoms with Gasteiger partial charge >= 0.3 is 0 Å². The zero-order chi connectivity index (χ0) is 11.1. The summed E-state index contributed by atoms with van der Waals surface area (Å²) in [6, 6.07) is 0. The summed E-state index contributed by atoms with van der Waals surface area (Å²) in [4.78, 5) is 0. The van der Waals surface area contributed by atoms with E-state index in [9.17, 15) is 0 Å². The van der Waals surface area contributed by atoms with Gasteiger partial charge in [-0.1, -0.05) is 72.1 Å². The van der Waals surface area contributed by atoms with E-state index in [-0.39, 0.29) is 0 Å². The molecule has 0 unspecified atom stereocenters. The Bertz CT molecular complexity index is 132. The van der Waals surface area contributed by atoms with E-state index in [1.807, 2.05) is 0 Å². The molecule has 0 saturated heterocycles. The highest BCUT2D eigenvalue weighted by atomic mass is 14.3. The first kappa shape index (κ1) is 13.1. The summed E-state index contributed by atoms with van der Waals surface area (Å²) >= 11 is 0. The summed E-state index contributed by atoms with van der Waals surface area (Å²) in [5.41, 5.74) is 0.659. The third-order valence-electron chi connectivity index (χ3n) is 4.13. The van der Waals surface area contributed by atoms with Crippen LogP contribution in [0.5, 0.6) is 0 Å². The lowest BCUT2D eigenvalue weighted by molar-refractivity contribution is 0.201. The summed E-state index contributed by atoms with van der Waals surface area (Å²) in [5.74, 6) is 0.998. The monoisotopic (exact) mass is 210 g/mol. The van der Waals surface area contributed by atoms with Gasteiger partial charge in [-0.05, 0) is 24.2 Å². The highest BCUT2D eigenvalue weighted by Crippen LogP contribution is 2.37. The van der Waals surface area contributed by atoms with Crippen molar-refractivity contribution in [1.29, 1.82) is 0 Å². The average Bonchev–Trinajstić information content (AvgIpc) is 2.26. The molecule has 90 valence electrons. The van der Waals surface area contributed by atoms with E-state index >= 15 is 0 Å². The number of hydrogen-bond donors (Lipinski definition) is 0. The van der Waals surface area contributed by atoms with Crippen molar-refractivity contribution < 1.29 is 0 Å². The minimum atomic E-state index is 0.659. The molecule has 0 N–H and O–H groups in total. The van der Waals surface area contributed by atoms with Crippen molar-refractivity contribution in [3.63, 3.8) is 0 Å². The van der Waals surface area contributed by atoms with Gasteiger partial charge in [0.05, 0.1) is 0 Å². The fourth-order valence-corrected chi connectivity index (χ4v) is 2.60. The molecule has 0 heteroatoms. The molecule has 0 bridgehead atoms. The topological polar surface area (TPSA) is 0 Å². The molecule has 0 atom stereocenters. The van der Waals surface area contributed by atoms with Gasteiger partial charge in [0.25, 0.3) is 0 Å². The molecule has 0 aromatic carbocycles. The Labute approximate surface area is 96.8 Å². The van der Waals surface area contributed by atoms with E-state index in [0.717, 1.165) is 5.92 Å². The van der Waals surface area contributed by atoms with Crippen LogP contribution in [0.3, 0.4) is 0 Å². The van der Waals surface area contributed by atoms with Crippen LogP contribution in [-0.2, 0) is 0 Å². The molecule has 0 aliphatic heterocycles. The first-order chi connectivity index (χ1) is 7.10. The van der Waals surface area contributed by atoms with Crippen LogP contribution >= 0.6 is 0 Å². The average molecular weight is 210 g/mol. The van der Waals surface area contributed by atoms with Gasteiger partial charge in [0.1, 0.15) is 0 Å². The van der Waals surface area contributed by atoms with Crippen molar-refractivity contribution in [2.24, 2.45) is 11.3 Å². The molecule has 2 fully saturated rings. The van der Waals surface area contributed by atoms with Crippen LogP contribution in [0.2, 0.25) is 0 Å². The third-order valence-corrected chi connectivity index (χ3v) is 4.13. The van der Waals surface area contributed by atoms with Crippen LogP contribution in [-0.4, -0.2) is 0 Å². The van der Waals surface area contributed by atoms with Crippen LogP contribution in [0.1, 0.15) is 85.0 Å². The first-order valence-corrected chi connectivity index (χ1v) is 7.10. The zero-order valence-electron chi connectivity index (χ0n) is 11.1. The van der Waals surface area contributed by atoms with E-state index in [2.05, 4.69) is 20.8 Å². The number of hydrogen-bond acceptors (Lipinski definition) is 0. The molecule has 2 aliphatic carbocycles. The highest BCUT2D eigenvalue weighted by molar-refractivity contribution is 4.76. The molecule has 2 saturated carbocycles. The smallest absolute Gasteiger partial charge is 0.0354 e. The van der Waals surface area contributed by atoms with Gasteiger partial charge in [0.15, 0.2) is 0 Å². The Morgan fingerprint density at radius 2 is 1.07 bits per heavy atom. The summed E-state index contributed by atoms with van der Waals surface area (Å²) in [6.07, 6.45) is 14.8. The van der Waals surface area contributed by atoms with E-state index in [4.69, 9.17) is 0 Å². The van der Waals surface area contributed by atoms with Crippen molar-refractivity contribution in [2.75, 3.05) is 0 Å². The van der Waals surface area contributed by atoms with Gasteiger partial charge in [0, 0.05) is 0 Å². The fourth-order valence-electron chi connectivity index (χ4n) is 2.60. The predicted octanol–water partition coefficient (Wildman–Crippen LogP) is 5.56. The molecule has 0 aromatic rings. The van der Waals surface area contributed by atoms with Crippen molar-refractivity contribution >= 4 is 0 Å².